The van der Waals surface area contributed by atoms with E-state index < -0.39 is 10.1 Å². The van der Waals surface area contributed by atoms with Crippen LogP contribution in [0, 0.1) is 0 Å². The van der Waals surface area contributed by atoms with E-state index in [1.54, 1.807) is 6.07 Å². The van der Waals surface area contributed by atoms with Crippen LogP contribution in [0.4, 0.5) is 5.69 Å². The van der Waals surface area contributed by atoms with E-state index in [0.717, 1.165) is 85.5 Å². The third kappa shape index (κ3) is 5.94. The molecule has 0 spiro atoms. The van der Waals surface area contributed by atoms with Gasteiger partial charge in [-0.25, -0.2) is 5.26 Å². The molecule has 10 heteroatoms. The molecule has 0 aromatic heterocycles. The first kappa shape index (κ1) is 34.8. The molecule has 3 aliphatic rings. The van der Waals surface area contributed by atoms with Crippen LogP contribution in [-0.2, 0) is 30.3 Å². The molecule has 2 N–H and O–H groups in total. The van der Waals surface area contributed by atoms with Gasteiger partial charge >= 0.3 is 0 Å². The molecule has 50 heavy (non-hydrogen) atoms. The van der Waals surface area contributed by atoms with Crippen LogP contribution in [0.1, 0.15) is 63.6 Å². The van der Waals surface area contributed by atoms with Crippen molar-refractivity contribution in [1.82, 2.24) is 0 Å². The number of hydrogen-bond donors (Lipinski definition) is 2. The van der Waals surface area contributed by atoms with E-state index in [9.17, 15) is 13.0 Å². The second-order valence-electron chi connectivity index (χ2n) is 14.1. The molecule has 4 aromatic carbocycles. The Hall–Kier alpha value is -3.67. The number of rotatable bonds is 7. The molecular formula is C40H38ClNO6S2. The first-order chi connectivity index (χ1) is 23.7. The van der Waals surface area contributed by atoms with Gasteiger partial charge in [0, 0.05) is 39.2 Å². The summed E-state index contributed by atoms with van der Waals surface area (Å²) in [6.07, 6.45) is 13.8. The molecule has 0 bridgehead atoms. The minimum absolute atomic E-state index is 0.111. The van der Waals surface area contributed by atoms with Gasteiger partial charge < -0.3 is 4.90 Å². The predicted octanol–water partition coefficient (Wildman–Crippen LogP) is 10.8. The Balaban J connectivity index is 1.17. The average Bonchev–Trinajstić information content (AvgIpc) is 3.45. The SMILES string of the molecule is CN1C(=CC=C2CCCC(C=CC3=Cc4ccc5cc(SOOO)ccc5c4C3(C)C)=C2Cl)C(C)(C)c2c1ccc1cc(S(=O)(=O)O)ccc21. The molecule has 7 nitrogen and oxygen atoms in total. The van der Waals surface area contributed by atoms with Crippen LogP contribution in [0.15, 0.2) is 122 Å². The van der Waals surface area contributed by atoms with Crippen molar-refractivity contribution in [1.29, 1.82) is 0 Å². The highest BCUT2D eigenvalue weighted by atomic mass is 35.5. The van der Waals surface area contributed by atoms with Gasteiger partial charge in [0.05, 0.1) is 16.9 Å². The monoisotopic (exact) mass is 727 g/mol. The first-order valence-corrected chi connectivity index (χ1v) is 19.0. The number of halogens is 1. The van der Waals surface area contributed by atoms with Crippen molar-refractivity contribution in [3.8, 4) is 0 Å². The minimum atomic E-state index is -4.30. The van der Waals surface area contributed by atoms with Crippen molar-refractivity contribution in [3.05, 3.63) is 129 Å². The van der Waals surface area contributed by atoms with Gasteiger partial charge in [-0.15, -0.1) is 4.33 Å². The molecule has 0 saturated carbocycles. The Morgan fingerprint density at radius 1 is 0.880 bits per heavy atom. The van der Waals surface area contributed by atoms with Gasteiger partial charge in [0.1, 0.15) is 0 Å². The van der Waals surface area contributed by atoms with Gasteiger partial charge in [0.15, 0.2) is 0 Å². The van der Waals surface area contributed by atoms with Crippen LogP contribution in [0.5, 0.6) is 0 Å². The molecule has 0 saturated heterocycles. The zero-order valence-electron chi connectivity index (χ0n) is 28.5. The molecule has 0 amide bonds. The number of anilines is 1. The molecule has 0 unspecified atom stereocenters. The third-order valence-electron chi connectivity index (χ3n) is 10.5. The molecule has 0 atom stereocenters. The van der Waals surface area contributed by atoms with E-state index in [1.807, 2.05) is 24.3 Å². The fourth-order valence-electron chi connectivity index (χ4n) is 7.97. The number of allylic oxidation sites excluding steroid dienone is 9. The maximum atomic E-state index is 11.8. The zero-order valence-corrected chi connectivity index (χ0v) is 30.8. The van der Waals surface area contributed by atoms with E-state index in [1.165, 1.54) is 34.2 Å². The lowest BCUT2D eigenvalue weighted by atomic mass is 9.78. The highest BCUT2D eigenvalue weighted by Crippen LogP contribution is 2.51. The minimum Gasteiger partial charge on any atom is -0.347 e. The van der Waals surface area contributed by atoms with Gasteiger partial charge in [-0.1, -0.05) is 99.0 Å². The summed E-state index contributed by atoms with van der Waals surface area (Å²) in [7, 11) is -2.24. The number of benzene rings is 4. The predicted molar refractivity (Wildman–Crippen MR) is 203 cm³/mol. The highest BCUT2D eigenvalue weighted by Gasteiger charge is 2.40. The molecule has 0 radical (unpaired) electrons. The molecule has 0 fully saturated rings. The summed E-state index contributed by atoms with van der Waals surface area (Å²) in [6.45, 7) is 8.86. The molecular weight excluding hydrogens is 690 g/mol. The van der Waals surface area contributed by atoms with Crippen molar-refractivity contribution in [3.63, 3.8) is 0 Å². The maximum absolute atomic E-state index is 11.8. The average molecular weight is 728 g/mol. The lowest BCUT2D eigenvalue weighted by Gasteiger charge is -2.25. The smallest absolute Gasteiger partial charge is 0.294 e. The summed E-state index contributed by atoms with van der Waals surface area (Å²) in [5.41, 5.74) is 8.62. The fraction of sp³-hybridized carbons (Fsp3) is 0.250. The summed E-state index contributed by atoms with van der Waals surface area (Å²) in [5, 5.41) is 17.1. The molecule has 4 aromatic rings. The Labute approximate surface area is 302 Å². The zero-order chi connectivity index (χ0) is 35.6. The Morgan fingerprint density at radius 3 is 2.36 bits per heavy atom. The molecule has 1 aliphatic heterocycles. The Morgan fingerprint density at radius 2 is 1.60 bits per heavy atom. The third-order valence-corrected chi connectivity index (χ3v) is 12.4. The quantitative estimate of drug-likeness (QED) is 0.0840. The number of likely N-dealkylation sites (N-methyl/N-ethyl adjacent to an activating group) is 1. The fourth-order valence-corrected chi connectivity index (χ4v) is 9.20. The lowest BCUT2D eigenvalue weighted by Crippen LogP contribution is -2.22. The van der Waals surface area contributed by atoms with Crippen LogP contribution < -0.4 is 4.90 Å². The maximum Gasteiger partial charge on any atom is 0.294 e. The van der Waals surface area contributed by atoms with Gasteiger partial charge in [-0.05, 0) is 111 Å². The van der Waals surface area contributed by atoms with Crippen LogP contribution in [0.2, 0.25) is 0 Å². The molecule has 1 heterocycles. The van der Waals surface area contributed by atoms with E-state index >= 15 is 0 Å². The van der Waals surface area contributed by atoms with E-state index in [0.29, 0.717) is 0 Å². The van der Waals surface area contributed by atoms with Crippen molar-refractivity contribution < 1.29 is 27.6 Å². The van der Waals surface area contributed by atoms with Gasteiger partial charge in [0.2, 0.25) is 0 Å². The van der Waals surface area contributed by atoms with Gasteiger partial charge in [0.25, 0.3) is 10.1 Å². The number of fused-ring (bicyclic) bond motifs is 6. The van der Waals surface area contributed by atoms with Crippen LogP contribution in [-0.4, -0.2) is 25.3 Å². The summed E-state index contributed by atoms with van der Waals surface area (Å²) in [6, 6.07) is 19.0. The van der Waals surface area contributed by atoms with Crippen LogP contribution >= 0.6 is 23.6 Å². The number of hydrogen-bond acceptors (Lipinski definition) is 7. The van der Waals surface area contributed by atoms with Crippen molar-refractivity contribution in [2.45, 2.75) is 67.6 Å². The normalized spacial score (nSPS) is 20.1. The second kappa shape index (κ2) is 12.8. The lowest BCUT2D eigenvalue weighted by molar-refractivity contribution is -0.432. The molecule has 7 rings (SSSR count). The van der Waals surface area contributed by atoms with Crippen LogP contribution in [0.25, 0.3) is 27.6 Å². The van der Waals surface area contributed by atoms with Crippen molar-refractivity contribution >= 4 is 67.1 Å². The topological polar surface area (TPSA) is 96.3 Å². The van der Waals surface area contributed by atoms with Crippen molar-refractivity contribution in [2.75, 3.05) is 11.9 Å². The largest absolute Gasteiger partial charge is 0.347 e. The molecule has 258 valence electrons. The summed E-state index contributed by atoms with van der Waals surface area (Å²) < 4.78 is 37.8. The summed E-state index contributed by atoms with van der Waals surface area (Å²) in [5.74, 6) is 0. The Bertz CT molecular complexity index is 2350. The van der Waals surface area contributed by atoms with Crippen LogP contribution in [0.3, 0.4) is 0 Å². The highest BCUT2D eigenvalue weighted by molar-refractivity contribution is 7.94. The first-order valence-electron chi connectivity index (χ1n) is 16.4. The standard InChI is InChI=1S/C40H38ClNO6S2/c1-39(2)29(21-28-10-9-26-22-30(49-48-47-43)15-17-32(26)36(28)39)14-11-24-7-6-8-25(38(24)41)13-20-35-40(3,4)37-33-18-16-31(50(44,45)46)23-27(33)12-19-34(37)42(35)5/h9-23,43H,6-8H2,1-5H3,(H,44,45,46). The van der Waals surface area contributed by atoms with Gasteiger partial charge in [-0.3, -0.25) is 4.55 Å². The summed E-state index contributed by atoms with van der Waals surface area (Å²) >= 11 is 8.08. The van der Waals surface area contributed by atoms with Crippen molar-refractivity contribution in [2.24, 2.45) is 0 Å². The van der Waals surface area contributed by atoms with E-state index in [-0.39, 0.29) is 15.7 Å². The number of nitrogens with zero attached hydrogens (tertiary/aromatic N) is 1. The second-order valence-corrected chi connectivity index (χ2v) is 16.7. The van der Waals surface area contributed by atoms with E-state index in [2.05, 4.69) is 97.6 Å². The van der Waals surface area contributed by atoms with Gasteiger partial charge in [-0.2, -0.15) is 8.42 Å². The van der Waals surface area contributed by atoms with E-state index in [4.69, 9.17) is 16.9 Å². The summed E-state index contributed by atoms with van der Waals surface area (Å²) in [4.78, 5) is 2.91. The Kier molecular flexibility index (Phi) is 8.92. The molecule has 2 aliphatic carbocycles.